The van der Waals surface area contributed by atoms with Gasteiger partial charge in [-0.2, -0.15) is 0 Å². The van der Waals surface area contributed by atoms with Crippen LogP contribution in [0.3, 0.4) is 0 Å². The van der Waals surface area contributed by atoms with E-state index in [2.05, 4.69) is 65.8 Å². The molecule has 0 saturated heterocycles. The fourth-order valence-corrected chi connectivity index (χ4v) is 6.94. The van der Waals surface area contributed by atoms with Gasteiger partial charge in [0.25, 0.3) is 6.71 Å². The van der Waals surface area contributed by atoms with E-state index in [1.165, 1.54) is 0 Å². The third kappa shape index (κ3) is 5.70. The molecule has 0 saturated carbocycles. The van der Waals surface area contributed by atoms with Gasteiger partial charge in [-0.1, -0.05) is 138 Å². The first-order valence-corrected chi connectivity index (χ1v) is 17.4. The minimum atomic E-state index is -0.635. The lowest BCUT2D eigenvalue weighted by Gasteiger charge is -2.45. The van der Waals surface area contributed by atoms with Crippen LogP contribution in [-0.4, -0.2) is 6.71 Å². The van der Waals surface area contributed by atoms with E-state index in [1.54, 1.807) is 0 Å². The van der Waals surface area contributed by atoms with Gasteiger partial charge < -0.3 is 9.80 Å². The van der Waals surface area contributed by atoms with Crippen molar-refractivity contribution in [3.63, 3.8) is 0 Å². The van der Waals surface area contributed by atoms with Crippen molar-refractivity contribution in [1.82, 2.24) is 0 Å². The molecule has 5 aromatic carbocycles. The Kier molecular flexibility index (Phi) is 5.64. The zero-order chi connectivity index (χ0) is 42.2. The van der Waals surface area contributed by atoms with Crippen LogP contribution in [-0.2, 0) is 21.7 Å². The van der Waals surface area contributed by atoms with Crippen LogP contribution in [0.4, 0.5) is 34.1 Å². The lowest BCUT2D eigenvalue weighted by molar-refractivity contribution is 0.590. The molecule has 0 N–H and O–H groups in total. The Labute approximate surface area is 307 Å². The summed E-state index contributed by atoms with van der Waals surface area (Å²) in [5, 5.41) is 0. The summed E-state index contributed by atoms with van der Waals surface area (Å²) in [6.07, 6.45) is 0. The molecule has 0 atom stereocenters. The molecule has 250 valence electrons. The maximum absolute atomic E-state index is 9.50. The van der Waals surface area contributed by atoms with Crippen molar-refractivity contribution in [2.45, 2.75) is 105 Å². The largest absolute Gasteiger partial charge is 0.311 e. The topological polar surface area (TPSA) is 6.48 Å². The molecule has 0 aromatic heterocycles. The Hall–Kier alpha value is -4.24. The average molecular weight is 653 g/mol. The predicted octanol–water partition coefficient (Wildman–Crippen LogP) is 11.0. The van der Waals surface area contributed by atoms with Crippen molar-refractivity contribution in [2.75, 3.05) is 9.80 Å². The first-order chi connectivity index (χ1) is 26.2. The van der Waals surface area contributed by atoms with Crippen LogP contribution in [0.25, 0.3) is 0 Å². The molecule has 5 aromatic rings. The Morgan fingerprint density at radius 2 is 0.776 bits per heavy atom. The van der Waals surface area contributed by atoms with Gasteiger partial charge in [-0.3, -0.25) is 0 Å². The summed E-state index contributed by atoms with van der Waals surface area (Å²) in [5.74, 6) is 0. The van der Waals surface area contributed by atoms with E-state index >= 15 is 0 Å². The standard InChI is InChI=1S/C46H53BN2/c1-43(2,3)30-16-22-34(23-17-30)48-38-26-20-32(45(7,8)9)28-36(38)47-37-29-33(46(10,11)12)21-27-39(37)49(41-15-13-14-40(48)42(41)47)35-24-18-31(19-25-35)44(4,5)6/h13-29H,1-12H3/i16D,17D,18D,19D,22D,23D,24D,25D. The fraction of sp³-hybridized carbons (Fsp3) is 0.348. The molecular formula is C46H53BN2. The van der Waals surface area contributed by atoms with Crippen LogP contribution in [0.1, 0.15) is 116 Å². The summed E-state index contributed by atoms with van der Waals surface area (Å²) in [4.78, 5) is 3.75. The second-order valence-electron chi connectivity index (χ2n) is 17.8. The molecule has 0 radical (unpaired) electrons. The molecule has 0 amide bonds. The number of nitrogens with zero attached hydrogens (tertiary/aromatic N) is 2. The van der Waals surface area contributed by atoms with Crippen molar-refractivity contribution in [3.8, 4) is 0 Å². The van der Waals surface area contributed by atoms with Crippen LogP contribution in [0.2, 0.25) is 0 Å². The van der Waals surface area contributed by atoms with Crippen LogP contribution >= 0.6 is 0 Å². The highest BCUT2D eigenvalue weighted by molar-refractivity contribution is 7.00. The summed E-state index contributed by atoms with van der Waals surface area (Å²) in [6, 6.07) is 17.6. The molecule has 0 spiro atoms. The molecule has 2 nitrogen and oxygen atoms in total. The van der Waals surface area contributed by atoms with E-state index in [-0.39, 0.29) is 77.3 Å². The van der Waals surface area contributed by atoms with Crippen molar-refractivity contribution < 1.29 is 11.0 Å². The molecule has 7 rings (SSSR count). The fourth-order valence-electron chi connectivity index (χ4n) is 6.94. The molecule has 0 bridgehead atoms. The zero-order valence-corrected chi connectivity index (χ0v) is 31.2. The summed E-state index contributed by atoms with van der Waals surface area (Å²) in [6.45, 7) is 24.0. The third-order valence-corrected chi connectivity index (χ3v) is 9.89. The van der Waals surface area contributed by atoms with E-state index in [4.69, 9.17) is 0 Å². The number of hydrogen-bond acceptors (Lipinski definition) is 2. The molecule has 2 heterocycles. The Balaban J connectivity index is 1.67. The maximum Gasteiger partial charge on any atom is 0.252 e. The number of hydrogen-bond donors (Lipinski definition) is 0. The highest BCUT2D eigenvalue weighted by Gasteiger charge is 2.44. The van der Waals surface area contributed by atoms with E-state index < -0.39 is 10.8 Å². The summed E-state index contributed by atoms with van der Waals surface area (Å²) in [5.41, 5.74) is 7.00. The molecule has 3 heteroatoms. The van der Waals surface area contributed by atoms with Crippen LogP contribution in [0.15, 0.2) is 103 Å². The minimum Gasteiger partial charge on any atom is -0.311 e. The number of benzene rings is 5. The Bertz CT molecular complexity index is 2290. The molecule has 0 aliphatic carbocycles. The van der Waals surface area contributed by atoms with Crippen molar-refractivity contribution in [1.29, 1.82) is 0 Å². The quantitative estimate of drug-likeness (QED) is 0.172. The third-order valence-electron chi connectivity index (χ3n) is 9.89. The highest BCUT2D eigenvalue weighted by Crippen LogP contribution is 2.45. The average Bonchev–Trinajstić information content (AvgIpc) is 3.09. The lowest BCUT2D eigenvalue weighted by atomic mass is 9.33. The summed E-state index contributed by atoms with van der Waals surface area (Å²) in [7, 11) is 0. The smallest absolute Gasteiger partial charge is 0.252 e. The first kappa shape index (κ1) is 24.8. The molecule has 0 fully saturated rings. The van der Waals surface area contributed by atoms with Gasteiger partial charge in [0, 0.05) is 34.1 Å². The van der Waals surface area contributed by atoms with E-state index in [0.29, 0.717) is 22.5 Å². The van der Waals surface area contributed by atoms with E-state index in [1.807, 2.05) is 81.7 Å². The highest BCUT2D eigenvalue weighted by atomic mass is 15.2. The first-order valence-electron chi connectivity index (χ1n) is 21.4. The number of fused-ring (bicyclic) bond motifs is 4. The SMILES string of the molecule is [2H]c1c([2H])c(C(C)(C)C)c([2H])c([2H])c1N1c2ccc(C(C)(C)C)cc2B2c3cc(C(C)(C)C)ccc3N(c3c([2H])c([2H])c(C(C)(C)C)c([2H])c3[2H])c3cccc1c32. The Morgan fingerprint density at radius 1 is 0.429 bits per heavy atom. The Morgan fingerprint density at radius 3 is 1.10 bits per heavy atom. The van der Waals surface area contributed by atoms with Gasteiger partial charge in [0.2, 0.25) is 0 Å². The van der Waals surface area contributed by atoms with Crippen molar-refractivity contribution >= 4 is 57.2 Å². The van der Waals surface area contributed by atoms with Crippen molar-refractivity contribution in [3.05, 3.63) is 125 Å². The molecule has 0 unspecified atom stereocenters. The number of anilines is 6. The van der Waals surface area contributed by atoms with Crippen LogP contribution in [0.5, 0.6) is 0 Å². The van der Waals surface area contributed by atoms with Crippen molar-refractivity contribution in [2.24, 2.45) is 0 Å². The summed E-state index contributed by atoms with van der Waals surface area (Å²) >= 11 is 0. The lowest BCUT2D eigenvalue weighted by Crippen LogP contribution is -2.61. The van der Waals surface area contributed by atoms with E-state index in [0.717, 1.165) is 38.9 Å². The van der Waals surface area contributed by atoms with Gasteiger partial charge in [0.1, 0.15) is 0 Å². The zero-order valence-electron chi connectivity index (χ0n) is 39.2. The van der Waals surface area contributed by atoms with Gasteiger partial charge in [0.15, 0.2) is 0 Å². The normalized spacial score (nSPS) is 16.7. The molecular weight excluding hydrogens is 591 g/mol. The van der Waals surface area contributed by atoms with Gasteiger partial charge in [-0.15, -0.1) is 0 Å². The van der Waals surface area contributed by atoms with Crippen LogP contribution in [0, 0.1) is 0 Å². The van der Waals surface area contributed by atoms with Crippen LogP contribution < -0.4 is 26.2 Å². The maximum atomic E-state index is 9.50. The molecule has 49 heavy (non-hydrogen) atoms. The predicted molar refractivity (Wildman–Crippen MR) is 215 cm³/mol. The van der Waals surface area contributed by atoms with Gasteiger partial charge in [0.05, 0.1) is 11.0 Å². The van der Waals surface area contributed by atoms with Gasteiger partial charge in [-0.05, 0) is 109 Å². The number of rotatable bonds is 2. The molecule has 2 aliphatic heterocycles. The van der Waals surface area contributed by atoms with E-state index in [9.17, 15) is 11.0 Å². The summed E-state index contributed by atoms with van der Waals surface area (Å²) < 4.78 is 74.9. The monoisotopic (exact) mass is 652 g/mol. The van der Waals surface area contributed by atoms with Gasteiger partial charge >= 0.3 is 0 Å². The van der Waals surface area contributed by atoms with Gasteiger partial charge in [-0.25, -0.2) is 0 Å². The minimum absolute atomic E-state index is 0.0809. The second-order valence-corrected chi connectivity index (χ2v) is 17.8. The second kappa shape index (κ2) is 11.1. The molecule has 2 aliphatic rings.